The number of carbonyl (C=O) groups is 1. The van der Waals surface area contributed by atoms with Crippen LogP contribution in [0.3, 0.4) is 0 Å². The smallest absolute Gasteiger partial charge is 0.289 e. The van der Waals surface area contributed by atoms with Gasteiger partial charge < -0.3 is 9.32 Å². The van der Waals surface area contributed by atoms with Gasteiger partial charge in [-0.3, -0.25) is 4.79 Å². The minimum atomic E-state index is 0.0186. The molecule has 1 aliphatic rings. The summed E-state index contributed by atoms with van der Waals surface area (Å²) in [6.45, 7) is 2.91. The lowest BCUT2D eigenvalue weighted by atomic mass is 10.3. The van der Waals surface area contributed by atoms with Crippen LogP contribution in [0.4, 0.5) is 0 Å². The van der Waals surface area contributed by atoms with Crippen molar-refractivity contribution < 1.29 is 9.21 Å². The van der Waals surface area contributed by atoms with Crippen LogP contribution in [0, 0.1) is 0 Å². The normalized spacial score (nSPS) is 15.3. The van der Waals surface area contributed by atoms with Crippen molar-refractivity contribution in [1.29, 1.82) is 0 Å². The summed E-state index contributed by atoms with van der Waals surface area (Å²) in [5.41, 5.74) is 0. The van der Waals surface area contributed by atoms with Crippen molar-refractivity contribution in [2.45, 2.75) is 32.2 Å². The molecule has 0 spiro atoms. The molecule has 1 fully saturated rings. The Labute approximate surface area is 97.6 Å². The Kier molecular flexibility index (Phi) is 3.14. The summed E-state index contributed by atoms with van der Waals surface area (Å²) in [6, 6.07) is 3.92. The summed E-state index contributed by atoms with van der Waals surface area (Å²) < 4.78 is 5.89. The van der Waals surface area contributed by atoms with Gasteiger partial charge in [0.15, 0.2) is 10.4 Å². The van der Waals surface area contributed by atoms with Crippen molar-refractivity contribution in [3.8, 4) is 0 Å². The average Bonchev–Trinajstić information content (AvgIpc) is 2.96. The molecular formula is C11H14BrNO2. The second-order valence-electron chi connectivity index (χ2n) is 3.83. The number of nitrogens with zero attached hydrogens (tertiary/aromatic N) is 1. The first-order valence-corrected chi connectivity index (χ1v) is 6.08. The van der Waals surface area contributed by atoms with Crippen LogP contribution < -0.4 is 0 Å². The number of hydrogen-bond acceptors (Lipinski definition) is 2. The standard InChI is InChI=1S/C11H14BrNO2/c1-2-7-13(8-3-4-8)11(14)9-5-6-10(12)15-9/h5-6,8H,2-4,7H2,1H3. The van der Waals surface area contributed by atoms with E-state index in [0.717, 1.165) is 25.8 Å². The van der Waals surface area contributed by atoms with Gasteiger partial charge in [0.2, 0.25) is 0 Å². The van der Waals surface area contributed by atoms with E-state index in [1.54, 1.807) is 12.1 Å². The van der Waals surface area contributed by atoms with Crippen molar-refractivity contribution in [3.05, 3.63) is 22.6 Å². The molecule has 0 atom stereocenters. The zero-order valence-corrected chi connectivity index (χ0v) is 10.3. The van der Waals surface area contributed by atoms with Crippen molar-refractivity contribution >= 4 is 21.8 Å². The molecule has 1 aromatic heterocycles. The number of rotatable bonds is 4. The Morgan fingerprint density at radius 1 is 1.60 bits per heavy atom. The zero-order valence-electron chi connectivity index (χ0n) is 8.70. The lowest BCUT2D eigenvalue weighted by Gasteiger charge is -2.20. The molecule has 1 heterocycles. The van der Waals surface area contributed by atoms with Crippen molar-refractivity contribution in [2.24, 2.45) is 0 Å². The molecule has 0 unspecified atom stereocenters. The molecule has 1 saturated carbocycles. The summed E-state index contributed by atoms with van der Waals surface area (Å²) in [5.74, 6) is 0.451. The van der Waals surface area contributed by atoms with Crippen LogP contribution in [-0.2, 0) is 0 Å². The van der Waals surface area contributed by atoms with Crippen LogP contribution >= 0.6 is 15.9 Å². The van der Waals surface area contributed by atoms with E-state index in [9.17, 15) is 4.79 Å². The van der Waals surface area contributed by atoms with Gasteiger partial charge in [-0.05, 0) is 47.3 Å². The fraction of sp³-hybridized carbons (Fsp3) is 0.545. The van der Waals surface area contributed by atoms with Gasteiger partial charge in [0.25, 0.3) is 5.91 Å². The summed E-state index contributed by atoms with van der Waals surface area (Å²) in [5, 5.41) is 0. The van der Waals surface area contributed by atoms with E-state index in [1.165, 1.54) is 0 Å². The number of hydrogen-bond donors (Lipinski definition) is 0. The van der Waals surface area contributed by atoms with Crippen LogP contribution in [0.1, 0.15) is 36.7 Å². The lowest BCUT2D eigenvalue weighted by Crippen LogP contribution is -2.33. The fourth-order valence-electron chi connectivity index (χ4n) is 1.65. The molecule has 0 saturated heterocycles. The zero-order chi connectivity index (χ0) is 10.8. The third-order valence-corrected chi connectivity index (χ3v) is 2.92. The summed E-state index contributed by atoms with van der Waals surface area (Å²) in [7, 11) is 0. The van der Waals surface area contributed by atoms with Crippen LogP contribution in [0.5, 0.6) is 0 Å². The number of carbonyl (C=O) groups excluding carboxylic acids is 1. The summed E-state index contributed by atoms with van der Waals surface area (Å²) in [6.07, 6.45) is 3.26. The highest BCUT2D eigenvalue weighted by Gasteiger charge is 2.33. The van der Waals surface area contributed by atoms with Gasteiger partial charge in [-0.2, -0.15) is 0 Å². The molecule has 1 amide bonds. The van der Waals surface area contributed by atoms with E-state index in [4.69, 9.17) is 4.42 Å². The maximum Gasteiger partial charge on any atom is 0.289 e. The van der Waals surface area contributed by atoms with E-state index in [0.29, 0.717) is 16.5 Å². The predicted molar refractivity (Wildman–Crippen MR) is 60.8 cm³/mol. The van der Waals surface area contributed by atoms with Gasteiger partial charge in [0, 0.05) is 12.6 Å². The maximum absolute atomic E-state index is 12.0. The fourth-order valence-corrected chi connectivity index (χ4v) is 1.95. The Hall–Kier alpha value is -0.770. The number of amides is 1. The molecule has 0 aliphatic heterocycles. The van der Waals surface area contributed by atoms with E-state index < -0.39 is 0 Å². The van der Waals surface area contributed by atoms with Gasteiger partial charge in [0.05, 0.1) is 0 Å². The average molecular weight is 272 g/mol. The molecule has 3 nitrogen and oxygen atoms in total. The van der Waals surface area contributed by atoms with Crippen LogP contribution in [0.2, 0.25) is 0 Å². The first-order valence-electron chi connectivity index (χ1n) is 5.28. The van der Waals surface area contributed by atoms with E-state index >= 15 is 0 Å². The van der Waals surface area contributed by atoms with Crippen LogP contribution in [0.15, 0.2) is 21.2 Å². The highest BCUT2D eigenvalue weighted by atomic mass is 79.9. The Bertz CT molecular complexity index is 357. The van der Waals surface area contributed by atoms with E-state index in [2.05, 4.69) is 22.9 Å². The van der Waals surface area contributed by atoms with Gasteiger partial charge in [-0.1, -0.05) is 6.92 Å². The molecule has 2 rings (SSSR count). The van der Waals surface area contributed by atoms with Gasteiger partial charge in [-0.25, -0.2) is 0 Å². The molecule has 1 aromatic rings. The van der Waals surface area contributed by atoms with Crippen LogP contribution in [-0.4, -0.2) is 23.4 Å². The van der Waals surface area contributed by atoms with Gasteiger partial charge in [-0.15, -0.1) is 0 Å². The molecule has 0 radical (unpaired) electrons. The number of furan rings is 1. The van der Waals surface area contributed by atoms with Gasteiger partial charge in [0.1, 0.15) is 0 Å². The summed E-state index contributed by atoms with van der Waals surface area (Å²) >= 11 is 3.20. The van der Waals surface area contributed by atoms with E-state index in [-0.39, 0.29) is 5.91 Å². The molecule has 0 bridgehead atoms. The molecular weight excluding hydrogens is 258 g/mol. The lowest BCUT2D eigenvalue weighted by molar-refractivity contribution is 0.0709. The Morgan fingerprint density at radius 2 is 2.33 bits per heavy atom. The highest BCUT2D eigenvalue weighted by molar-refractivity contribution is 9.10. The third kappa shape index (κ3) is 2.43. The molecule has 15 heavy (non-hydrogen) atoms. The molecule has 82 valence electrons. The topological polar surface area (TPSA) is 33.5 Å². The first kappa shape index (κ1) is 10.7. The minimum Gasteiger partial charge on any atom is -0.444 e. The second-order valence-corrected chi connectivity index (χ2v) is 4.62. The molecule has 0 N–H and O–H groups in total. The minimum absolute atomic E-state index is 0.0186. The van der Waals surface area contributed by atoms with Crippen molar-refractivity contribution in [3.63, 3.8) is 0 Å². The number of halogens is 1. The SMILES string of the molecule is CCCN(C(=O)c1ccc(Br)o1)C1CC1. The van der Waals surface area contributed by atoms with E-state index in [1.807, 2.05) is 4.90 Å². The molecule has 1 aliphatic carbocycles. The highest BCUT2D eigenvalue weighted by Crippen LogP contribution is 2.29. The summed E-state index contributed by atoms with van der Waals surface area (Å²) in [4.78, 5) is 14.0. The molecule has 0 aromatic carbocycles. The third-order valence-electron chi connectivity index (χ3n) is 2.50. The predicted octanol–water partition coefficient (Wildman–Crippen LogP) is 3.06. The Morgan fingerprint density at radius 3 is 2.80 bits per heavy atom. The monoisotopic (exact) mass is 271 g/mol. The quantitative estimate of drug-likeness (QED) is 0.844. The Balaban J connectivity index is 2.10. The molecule has 4 heteroatoms. The van der Waals surface area contributed by atoms with Crippen molar-refractivity contribution in [1.82, 2.24) is 4.90 Å². The maximum atomic E-state index is 12.0. The second kappa shape index (κ2) is 4.39. The van der Waals surface area contributed by atoms with Crippen molar-refractivity contribution in [2.75, 3.05) is 6.54 Å². The van der Waals surface area contributed by atoms with Crippen LogP contribution in [0.25, 0.3) is 0 Å². The van der Waals surface area contributed by atoms with Gasteiger partial charge >= 0.3 is 0 Å². The largest absolute Gasteiger partial charge is 0.444 e. The first-order chi connectivity index (χ1) is 7.22.